The average molecular weight is 349 g/mol. The molecule has 2 fully saturated rings. The van der Waals surface area contributed by atoms with Crippen molar-refractivity contribution in [2.24, 2.45) is 11.3 Å². The fourth-order valence-corrected chi connectivity index (χ4v) is 6.96. The molecule has 24 heavy (non-hydrogen) atoms. The molecule has 2 rings (SSSR count). The highest BCUT2D eigenvalue weighted by Crippen LogP contribution is 2.52. The van der Waals surface area contributed by atoms with E-state index in [1.54, 1.807) is 0 Å². The minimum absolute atomic E-state index is 0.481. The Morgan fingerprint density at radius 1 is 0.792 bits per heavy atom. The van der Waals surface area contributed by atoms with Crippen LogP contribution in [0.2, 0.25) is 0 Å². The summed E-state index contributed by atoms with van der Waals surface area (Å²) in [6.45, 7) is 8.31. The van der Waals surface area contributed by atoms with Crippen molar-refractivity contribution in [2.75, 3.05) is 5.75 Å². The largest absolute Gasteiger partial charge is 0.158 e. The van der Waals surface area contributed by atoms with Crippen LogP contribution in [0.3, 0.4) is 0 Å². The van der Waals surface area contributed by atoms with Gasteiger partial charge in [-0.3, -0.25) is 0 Å². The van der Waals surface area contributed by atoms with E-state index in [1.807, 2.05) is 0 Å². The Balaban J connectivity index is 2.27. The molecule has 0 aromatic heterocycles. The molecule has 1 aliphatic heterocycles. The maximum absolute atomic E-state index is 4.19. The summed E-state index contributed by atoms with van der Waals surface area (Å²) in [4.78, 5) is 0. The van der Waals surface area contributed by atoms with Gasteiger partial charge in [0.1, 0.15) is 0 Å². The first-order valence-corrected chi connectivity index (χ1v) is 11.7. The lowest BCUT2D eigenvalue weighted by Crippen LogP contribution is -2.40. The van der Waals surface area contributed by atoms with E-state index in [1.165, 1.54) is 102 Å². The Hall–Kier alpha value is -0.170. The van der Waals surface area contributed by atoms with E-state index in [-0.39, 0.29) is 0 Å². The number of hydrogen-bond donors (Lipinski definition) is 0. The Labute approximate surface area is 156 Å². The van der Waals surface area contributed by atoms with Crippen LogP contribution in [0.25, 0.3) is 0 Å². The van der Waals surface area contributed by atoms with Crippen molar-refractivity contribution in [1.29, 1.82) is 0 Å². The fraction of sp³-hybridized carbons (Fsp3) is 0.826. The summed E-state index contributed by atoms with van der Waals surface area (Å²) in [5, 5.41) is 0.844. The highest BCUT2D eigenvalue weighted by Gasteiger charge is 2.43. The smallest absolute Gasteiger partial charge is 0.0109 e. The standard InChI is InChI=1S/C23H40S/c1-3-15-21-16-11-7-5-9-13-19-23(21,18-4-2)22-17-12-8-6-10-14-20-24-22/h3-4,21-22H,1-2,5-20H2. The van der Waals surface area contributed by atoms with Gasteiger partial charge in [-0.05, 0) is 55.6 Å². The second-order valence-corrected chi connectivity index (χ2v) is 9.48. The third-order valence-corrected chi connectivity index (χ3v) is 8.19. The summed E-state index contributed by atoms with van der Waals surface area (Å²) in [5.41, 5.74) is 0.481. The zero-order chi connectivity index (χ0) is 17.1. The summed E-state index contributed by atoms with van der Waals surface area (Å²) < 4.78 is 0. The van der Waals surface area contributed by atoms with Gasteiger partial charge in [-0.2, -0.15) is 11.8 Å². The minimum Gasteiger partial charge on any atom is -0.158 e. The molecular formula is C23H40S. The van der Waals surface area contributed by atoms with Crippen LogP contribution < -0.4 is 0 Å². The molecule has 0 N–H and O–H groups in total. The molecule has 1 aliphatic carbocycles. The number of hydrogen-bond acceptors (Lipinski definition) is 1. The van der Waals surface area contributed by atoms with Gasteiger partial charge in [0.2, 0.25) is 0 Å². The fourth-order valence-electron chi connectivity index (χ4n) is 5.24. The molecule has 1 saturated heterocycles. The van der Waals surface area contributed by atoms with Crippen LogP contribution in [0, 0.1) is 11.3 Å². The molecule has 1 heteroatoms. The van der Waals surface area contributed by atoms with Gasteiger partial charge >= 0.3 is 0 Å². The lowest BCUT2D eigenvalue weighted by Gasteiger charge is -2.46. The predicted molar refractivity (Wildman–Crippen MR) is 112 cm³/mol. The first kappa shape index (κ1) is 20.1. The first-order valence-electron chi connectivity index (χ1n) is 10.7. The van der Waals surface area contributed by atoms with Crippen molar-refractivity contribution in [3.05, 3.63) is 25.3 Å². The predicted octanol–water partition coefficient (Wildman–Crippen LogP) is 7.94. The zero-order valence-electron chi connectivity index (χ0n) is 15.9. The van der Waals surface area contributed by atoms with Crippen LogP contribution in [0.4, 0.5) is 0 Å². The maximum atomic E-state index is 4.19. The highest BCUT2D eigenvalue weighted by molar-refractivity contribution is 7.99. The van der Waals surface area contributed by atoms with E-state index in [4.69, 9.17) is 0 Å². The van der Waals surface area contributed by atoms with Crippen LogP contribution in [0.5, 0.6) is 0 Å². The highest BCUT2D eigenvalue weighted by atomic mass is 32.2. The second kappa shape index (κ2) is 11.4. The van der Waals surface area contributed by atoms with Crippen molar-refractivity contribution in [1.82, 2.24) is 0 Å². The van der Waals surface area contributed by atoms with Gasteiger partial charge in [-0.15, -0.1) is 13.2 Å². The van der Waals surface area contributed by atoms with Crippen LogP contribution in [0.1, 0.15) is 96.3 Å². The third-order valence-electron chi connectivity index (χ3n) is 6.55. The third kappa shape index (κ3) is 5.68. The number of thioether (sulfide) groups is 1. The van der Waals surface area contributed by atoms with Crippen LogP contribution in [-0.2, 0) is 0 Å². The summed E-state index contributed by atoms with van der Waals surface area (Å²) in [5.74, 6) is 2.20. The van der Waals surface area contributed by atoms with E-state index < -0.39 is 0 Å². The molecule has 0 nitrogen and oxygen atoms in total. The molecule has 0 aromatic carbocycles. The summed E-state index contributed by atoms with van der Waals surface area (Å²) >= 11 is 2.33. The van der Waals surface area contributed by atoms with Gasteiger partial charge in [0.25, 0.3) is 0 Å². The average Bonchev–Trinajstić information content (AvgIpc) is 2.78. The zero-order valence-corrected chi connectivity index (χ0v) is 16.8. The van der Waals surface area contributed by atoms with Crippen molar-refractivity contribution in [3.63, 3.8) is 0 Å². The topological polar surface area (TPSA) is 0 Å². The lowest BCUT2D eigenvalue weighted by molar-refractivity contribution is 0.124. The van der Waals surface area contributed by atoms with Gasteiger partial charge in [-0.1, -0.05) is 69.9 Å². The quantitative estimate of drug-likeness (QED) is 0.454. The van der Waals surface area contributed by atoms with Gasteiger partial charge in [-0.25, -0.2) is 0 Å². The van der Waals surface area contributed by atoms with Crippen molar-refractivity contribution in [3.8, 4) is 0 Å². The molecule has 1 saturated carbocycles. The van der Waals surface area contributed by atoms with Crippen molar-refractivity contribution >= 4 is 11.8 Å². The van der Waals surface area contributed by atoms with E-state index in [0.29, 0.717) is 5.41 Å². The SMILES string of the molecule is C=CCC1CCCCCCCC1(CC=C)C1CCCCCCCS1. The summed E-state index contributed by atoms with van der Waals surface area (Å²) in [7, 11) is 0. The van der Waals surface area contributed by atoms with E-state index >= 15 is 0 Å². The molecule has 2 aliphatic rings. The molecule has 1 heterocycles. The Morgan fingerprint density at radius 2 is 1.46 bits per heavy atom. The van der Waals surface area contributed by atoms with Gasteiger partial charge in [0.05, 0.1) is 0 Å². The Bertz CT molecular complexity index is 351. The molecule has 138 valence electrons. The Morgan fingerprint density at radius 3 is 2.21 bits per heavy atom. The van der Waals surface area contributed by atoms with Crippen LogP contribution >= 0.6 is 11.8 Å². The van der Waals surface area contributed by atoms with Gasteiger partial charge in [0.15, 0.2) is 0 Å². The molecule has 0 spiro atoms. The van der Waals surface area contributed by atoms with E-state index in [9.17, 15) is 0 Å². The first-order chi connectivity index (χ1) is 11.8. The van der Waals surface area contributed by atoms with Crippen molar-refractivity contribution in [2.45, 2.75) is 102 Å². The summed E-state index contributed by atoms with van der Waals surface area (Å²) in [6, 6.07) is 0. The number of rotatable bonds is 5. The molecule has 0 amide bonds. The molecule has 3 unspecified atom stereocenters. The molecule has 3 atom stereocenters. The minimum atomic E-state index is 0.481. The van der Waals surface area contributed by atoms with Gasteiger partial charge in [0, 0.05) is 5.25 Å². The molecule has 0 aromatic rings. The van der Waals surface area contributed by atoms with Crippen LogP contribution in [-0.4, -0.2) is 11.0 Å². The monoisotopic (exact) mass is 348 g/mol. The number of allylic oxidation sites excluding steroid dienone is 2. The molecule has 0 bridgehead atoms. The van der Waals surface area contributed by atoms with Crippen molar-refractivity contribution < 1.29 is 0 Å². The van der Waals surface area contributed by atoms with E-state index in [0.717, 1.165) is 11.2 Å². The second-order valence-electron chi connectivity index (χ2n) is 8.17. The lowest BCUT2D eigenvalue weighted by atomic mass is 9.64. The van der Waals surface area contributed by atoms with Gasteiger partial charge < -0.3 is 0 Å². The summed E-state index contributed by atoms with van der Waals surface area (Å²) in [6.07, 6.45) is 25.6. The molecular weight excluding hydrogens is 308 g/mol. The van der Waals surface area contributed by atoms with E-state index in [2.05, 4.69) is 37.1 Å². The molecule has 0 radical (unpaired) electrons. The normalized spacial score (nSPS) is 33.8. The van der Waals surface area contributed by atoms with Crippen LogP contribution in [0.15, 0.2) is 25.3 Å². The maximum Gasteiger partial charge on any atom is 0.0109 e. The Kier molecular flexibility index (Phi) is 9.61.